The second kappa shape index (κ2) is 6.95. The van der Waals surface area contributed by atoms with Crippen LogP contribution in [0.4, 0.5) is 0 Å². The zero-order chi connectivity index (χ0) is 16.2. The average Bonchev–Trinajstić information content (AvgIpc) is 2.50. The van der Waals surface area contributed by atoms with Crippen molar-refractivity contribution in [3.05, 3.63) is 59.9 Å². The lowest BCUT2D eigenvalue weighted by Crippen LogP contribution is -2.24. The Kier molecular flexibility index (Phi) is 5.23. The number of H-pyrrole nitrogens is 1. The number of benzene rings is 1. The molecule has 1 aromatic carbocycles. The van der Waals surface area contributed by atoms with E-state index in [1.165, 1.54) is 11.1 Å². The predicted molar refractivity (Wildman–Crippen MR) is 90.9 cm³/mol. The molecule has 0 radical (unpaired) electrons. The second-order valence-corrected chi connectivity index (χ2v) is 6.98. The van der Waals surface area contributed by atoms with Crippen LogP contribution < -0.4 is 4.98 Å². The van der Waals surface area contributed by atoms with Gasteiger partial charge in [-0.2, -0.15) is 0 Å². The van der Waals surface area contributed by atoms with Gasteiger partial charge in [-0.05, 0) is 53.4 Å². The molecule has 0 aliphatic heterocycles. The first kappa shape index (κ1) is 16.5. The summed E-state index contributed by atoms with van der Waals surface area (Å²) in [5.74, 6) is 1.35. The minimum atomic E-state index is 0.199. The number of phenolic OH excluding ortho intramolecular Hbond substituents is 1. The van der Waals surface area contributed by atoms with E-state index in [4.69, 9.17) is 0 Å². The highest BCUT2D eigenvalue weighted by Gasteiger charge is 2.31. The number of rotatable bonds is 6. The summed E-state index contributed by atoms with van der Waals surface area (Å²) in [6, 6.07) is 12.1. The molecule has 0 saturated carbocycles. The molecule has 1 heterocycles. The van der Waals surface area contributed by atoms with Crippen LogP contribution in [0.2, 0.25) is 0 Å². The molecule has 0 spiro atoms. The maximum Gasteiger partial charge on any atom is 0.167 e. The molecular formula is C20H28NO+. The first-order valence-corrected chi connectivity index (χ1v) is 8.19. The van der Waals surface area contributed by atoms with Gasteiger partial charge < -0.3 is 5.11 Å². The van der Waals surface area contributed by atoms with E-state index in [9.17, 15) is 5.11 Å². The maximum atomic E-state index is 9.51. The number of hydrogen-bond acceptors (Lipinski definition) is 1. The Morgan fingerprint density at radius 1 is 1.00 bits per heavy atom. The van der Waals surface area contributed by atoms with E-state index in [2.05, 4.69) is 56.9 Å². The van der Waals surface area contributed by atoms with E-state index < -0.39 is 0 Å². The highest BCUT2D eigenvalue weighted by molar-refractivity contribution is 5.29. The first-order chi connectivity index (χ1) is 10.4. The first-order valence-electron chi connectivity index (χ1n) is 8.19. The Balaban J connectivity index is 2.18. The molecule has 2 unspecified atom stereocenters. The number of pyridine rings is 1. The molecule has 118 valence electrons. The van der Waals surface area contributed by atoms with Crippen LogP contribution >= 0.6 is 0 Å². The number of aromatic amines is 1. The van der Waals surface area contributed by atoms with E-state index in [0.717, 1.165) is 12.8 Å². The highest BCUT2D eigenvalue weighted by Crippen LogP contribution is 2.44. The van der Waals surface area contributed by atoms with Crippen LogP contribution in [-0.2, 0) is 0 Å². The molecule has 2 heteroatoms. The SMILES string of the molecule is CCC(c1ccc(O)cc1)C(C)(C)CC(C)c1cc[nH+]cc1. The molecule has 0 bridgehead atoms. The maximum absolute atomic E-state index is 9.51. The fraction of sp³-hybridized carbons (Fsp3) is 0.450. The molecule has 22 heavy (non-hydrogen) atoms. The standard InChI is InChI=1S/C20H27NO/c1-5-19(17-6-8-18(22)9-7-17)20(3,4)14-15(2)16-10-12-21-13-11-16/h6-13,15,19,22H,5,14H2,1-4H3/p+1. The van der Waals surface area contributed by atoms with Crippen LogP contribution in [0.15, 0.2) is 48.8 Å². The largest absolute Gasteiger partial charge is 0.508 e. The summed E-state index contributed by atoms with van der Waals surface area (Å²) >= 11 is 0. The fourth-order valence-electron chi connectivity index (χ4n) is 3.72. The lowest BCUT2D eigenvalue weighted by molar-refractivity contribution is -0.378. The van der Waals surface area contributed by atoms with Gasteiger partial charge in [0.2, 0.25) is 0 Å². The van der Waals surface area contributed by atoms with Crippen LogP contribution in [-0.4, -0.2) is 5.11 Å². The van der Waals surface area contributed by atoms with Crippen LogP contribution in [0.1, 0.15) is 63.5 Å². The molecule has 0 fully saturated rings. The molecule has 0 aliphatic carbocycles. The molecule has 1 aromatic heterocycles. The van der Waals surface area contributed by atoms with Gasteiger partial charge in [-0.15, -0.1) is 0 Å². The Labute approximate surface area is 134 Å². The van der Waals surface area contributed by atoms with Crippen molar-refractivity contribution in [3.63, 3.8) is 0 Å². The topological polar surface area (TPSA) is 34.4 Å². The van der Waals surface area contributed by atoms with Gasteiger partial charge in [0.25, 0.3) is 0 Å². The van der Waals surface area contributed by atoms with Crippen molar-refractivity contribution in [2.45, 2.75) is 52.4 Å². The molecule has 2 atom stereocenters. The monoisotopic (exact) mass is 298 g/mol. The van der Waals surface area contributed by atoms with Crippen molar-refractivity contribution in [3.8, 4) is 5.75 Å². The van der Waals surface area contributed by atoms with E-state index >= 15 is 0 Å². The van der Waals surface area contributed by atoms with Crippen molar-refractivity contribution >= 4 is 0 Å². The van der Waals surface area contributed by atoms with Gasteiger partial charge in [-0.1, -0.05) is 39.8 Å². The quantitative estimate of drug-likeness (QED) is 0.807. The number of aromatic hydroxyl groups is 1. The summed E-state index contributed by atoms with van der Waals surface area (Å²) in [5, 5.41) is 9.51. The summed E-state index contributed by atoms with van der Waals surface area (Å²) in [6.07, 6.45) is 6.23. The van der Waals surface area contributed by atoms with Crippen molar-refractivity contribution in [1.82, 2.24) is 0 Å². The van der Waals surface area contributed by atoms with Crippen LogP contribution in [0.25, 0.3) is 0 Å². The number of phenols is 1. The van der Waals surface area contributed by atoms with Crippen LogP contribution in [0.3, 0.4) is 0 Å². The van der Waals surface area contributed by atoms with Gasteiger partial charge in [0.1, 0.15) is 5.75 Å². The van der Waals surface area contributed by atoms with Gasteiger partial charge in [-0.25, -0.2) is 4.98 Å². The number of hydrogen-bond donors (Lipinski definition) is 1. The molecule has 2 aromatic rings. The molecule has 0 saturated heterocycles. The van der Waals surface area contributed by atoms with E-state index in [1.54, 1.807) is 12.1 Å². The summed E-state index contributed by atoms with van der Waals surface area (Å²) in [6.45, 7) is 9.28. The summed E-state index contributed by atoms with van der Waals surface area (Å²) in [4.78, 5) is 3.09. The molecule has 0 amide bonds. The lowest BCUT2D eigenvalue weighted by atomic mass is 9.68. The van der Waals surface area contributed by atoms with Crippen molar-refractivity contribution < 1.29 is 10.1 Å². The third kappa shape index (κ3) is 3.88. The highest BCUT2D eigenvalue weighted by atomic mass is 16.3. The predicted octanol–water partition coefficient (Wildman–Crippen LogP) is 4.92. The Morgan fingerprint density at radius 2 is 1.59 bits per heavy atom. The third-order valence-corrected chi connectivity index (χ3v) is 4.79. The number of nitrogens with one attached hydrogen (secondary N) is 1. The average molecular weight is 298 g/mol. The van der Waals surface area contributed by atoms with Gasteiger partial charge in [0, 0.05) is 12.1 Å². The van der Waals surface area contributed by atoms with Crippen molar-refractivity contribution in [2.24, 2.45) is 5.41 Å². The minimum Gasteiger partial charge on any atom is -0.508 e. The molecular weight excluding hydrogens is 270 g/mol. The fourth-order valence-corrected chi connectivity index (χ4v) is 3.72. The molecule has 2 nitrogen and oxygen atoms in total. The Morgan fingerprint density at radius 3 is 2.14 bits per heavy atom. The van der Waals surface area contributed by atoms with Crippen molar-refractivity contribution in [2.75, 3.05) is 0 Å². The molecule has 2 rings (SSSR count). The van der Waals surface area contributed by atoms with Gasteiger partial charge in [0.15, 0.2) is 12.4 Å². The van der Waals surface area contributed by atoms with E-state index in [1.807, 2.05) is 12.4 Å². The zero-order valence-electron chi connectivity index (χ0n) is 14.1. The van der Waals surface area contributed by atoms with Crippen LogP contribution in [0.5, 0.6) is 5.75 Å². The summed E-state index contributed by atoms with van der Waals surface area (Å²) < 4.78 is 0. The third-order valence-electron chi connectivity index (χ3n) is 4.79. The number of aromatic nitrogens is 1. The smallest absolute Gasteiger partial charge is 0.167 e. The summed E-state index contributed by atoms with van der Waals surface area (Å²) in [7, 11) is 0. The van der Waals surface area contributed by atoms with Gasteiger partial charge >= 0.3 is 0 Å². The second-order valence-electron chi connectivity index (χ2n) is 6.98. The normalized spacial score (nSPS) is 14.5. The Hall–Kier alpha value is -1.83. The van der Waals surface area contributed by atoms with E-state index in [-0.39, 0.29) is 5.41 Å². The van der Waals surface area contributed by atoms with Gasteiger partial charge in [-0.3, -0.25) is 0 Å². The minimum absolute atomic E-state index is 0.199. The van der Waals surface area contributed by atoms with Gasteiger partial charge in [0.05, 0.1) is 0 Å². The van der Waals surface area contributed by atoms with E-state index in [0.29, 0.717) is 17.6 Å². The lowest BCUT2D eigenvalue weighted by Gasteiger charge is -2.36. The van der Waals surface area contributed by atoms with Crippen LogP contribution in [0, 0.1) is 5.41 Å². The molecule has 2 N–H and O–H groups in total. The zero-order valence-corrected chi connectivity index (χ0v) is 14.1. The summed E-state index contributed by atoms with van der Waals surface area (Å²) in [5.41, 5.74) is 2.90. The molecule has 0 aliphatic rings. The Bertz CT molecular complexity index is 574. The van der Waals surface area contributed by atoms with Crippen molar-refractivity contribution in [1.29, 1.82) is 0 Å².